The number of nitrogens with zero attached hydrogens (tertiary/aromatic N) is 1. The lowest BCUT2D eigenvalue weighted by Gasteiger charge is -2.33. The van der Waals surface area contributed by atoms with Gasteiger partial charge >= 0.3 is 0 Å². The van der Waals surface area contributed by atoms with Crippen LogP contribution in [0.3, 0.4) is 0 Å². The highest BCUT2D eigenvalue weighted by molar-refractivity contribution is 5.87. The van der Waals surface area contributed by atoms with Crippen LogP contribution >= 0.6 is 0 Å². The lowest BCUT2D eigenvalue weighted by Crippen LogP contribution is -2.16. The molecule has 0 saturated heterocycles. The van der Waals surface area contributed by atoms with Gasteiger partial charge in [0.05, 0.1) is 17.1 Å². The van der Waals surface area contributed by atoms with Gasteiger partial charge in [-0.25, -0.2) is 0 Å². The molecule has 0 radical (unpaired) electrons. The molecule has 0 spiro atoms. The summed E-state index contributed by atoms with van der Waals surface area (Å²) >= 11 is 0. The maximum Gasteiger partial charge on any atom is 0.172 e. The molecule has 4 rings (SSSR count). The predicted molar refractivity (Wildman–Crippen MR) is 141 cm³/mol. The van der Waals surface area contributed by atoms with Crippen LogP contribution in [0.1, 0.15) is 33.4 Å². The summed E-state index contributed by atoms with van der Waals surface area (Å²) in [6.07, 6.45) is 0. The van der Waals surface area contributed by atoms with E-state index in [1.807, 2.05) is 88.9 Å². The normalized spacial score (nSPS) is 10.9. The molecule has 35 heavy (non-hydrogen) atoms. The fraction of sp³-hybridized carbons (Fsp3) is 0.200. The first-order valence-corrected chi connectivity index (χ1v) is 11.6. The van der Waals surface area contributed by atoms with Gasteiger partial charge in [-0.15, -0.1) is 0 Å². The number of aromatic hydroxyl groups is 3. The second-order valence-electron chi connectivity index (χ2n) is 9.01. The summed E-state index contributed by atoms with van der Waals surface area (Å²) in [5.41, 5.74) is 7.46. The minimum Gasteiger partial charge on any atom is -0.508 e. The van der Waals surface area contributed by atoms with Gasteiger partial charge in [-0.3, -0.25) is 0 Å². The molecule has 0 aliphatic heterocycles. The van der Waals surface area contributed by atoms with E-state index in [0.29, 0.717) is 28.3 Å². The molecular weight excluding hydrogens is 438 g/mol. The molecule has 0 unspecified atom stereocenters. The second-order valence-corrected chi connectivity index (χ2v) is 9.01. The van der Waals surface area contributed by atoms with E-state index in [0.717, 1.165) is 33.6 Å². The van der Waals surface area contributed by atoms with Crippen LogP contribution in [0.25, 0.3) is 0 Å². The van der Waals surface area contributed by atoms with Crippen LogP contribution in [0.2, 0.25) is 0 Å². The van der Waals surface area contributed by atoms with E-state index in [2.05, 4.69) is 0 Å². The standard InChI is InChI=1S/C30H31NO4/c1-17-11-16-26(34)30(20(17)4)35-27-10-8-7-9-23(27)31(28-18(2)12-14-24(32)21(28)5)29-19(3)13-15-25(33)22(29)6/h7-16,32-34H,1-6H3. The van der Waals surface area contributed by atoms with E-state index in [4.69, 9.17) is 4.74 Å². The van der Waals surface area contributed by atoms with Gasteiger partial charge in [-0.05, 0) is 94.1 Å². The van der Waals surface area contributed by atoms with Gasteiger partial charge in [0.15, 0.2) is 17.2 Å². The Bertz CT molecular complexity index is 1370. The zero-order valence-corrected chi connectivity index (χ0v) is 21.0. The van der Waals surface area contributed by atoms with Crippen molar-refractivity contribution in [1.82, 2.24) is 0 Å². The van der Waals surface area contributed by atoms with Crippen LogP contribution in [0, 0.1) is 41.5 Å². The average molecular weight is 470 g/mol. The van der Waals surface area contributed by atoms with Gasteiger partial charge in [0.25, 0.3) is 0 Å². The molecule has 4 aromatic carbocycles. The molecule has 0 aliphatic carbocycles. The molecule has 0 atom stereocenters. The first-order chi connectivity index (χ1) is 16.6. The molecule has 5 nitrogen and oxygen atoms in total. The fourth-order valence-electron chi connectivity index (χ4n) is 4.43. The van der Waals surface area contributed by atoms with Crippen molar-refractivity contribution in [3.05, 3.63) is 94.0 Å². The molecule has 0 fully saturated rings. The molecule has 4 aromatic rings. The number of phenolic OH excluding ortho intramolecular Hbond substituents is 3. The third-order valence-electron chi connectivity index (χ3n) is 6.63. The number of rotatable bonds is 5. The van der Waals surface area contributed by atoms with Crippen LogP contribution in [0.5, 0.6) is 28.7 Å². The van der Waals surface area contributed by atoms with Crippen molar-refractivity contribution in [1.29, 1.82) is 0 Å². The van der Waals surface area contributed by atoms with Gasteiger partial charge < -0.3 is 25.0 Å². The number of aryl methyl sites for hydroxylation is 3. The van der Waals surface area contributed by atoms with Gasteiger partial charge in [-0.2, -0.15) is 0 Å². The zero-order chi connectivity index (χ0) is 25.4. The summed E-state index contributed by atoms with van der Waals surface area (Å²) in [7, 11) is 0. The molecule has 180 valence electrons. The number of para-hydroxylation sites is 2. The Morgan fingerprint density at radius 3 is 1.60 bits per heavy atom. The maximum absolute atomic E-state index is 10.6. The van der Waals surface area contributed by atoms with E-state index in [9.17, 15) is 15.3 Å². The molecule has 0 aliphatic rings. The first-order valence-electron chi connectivity index (χ1n) is 11.6. The van der Waals surface area contributed by atoms with E-state index in [1.54, 1.807) is 18.2 Å². The van der Waals surface area contributed by atoms with Crippen LogP contribution in [-0.4, -0.2) is 15.3 Å². The largest absolute Gasteiger partial charge is 0.508 e. The summed E-state index contributed by atoms with van der Waals surface area (Å²) in [5, 5.41) is 31.8. The minimum absolute atomic E-state index is 0.0592. The number of phenols is 3. The molecule has 0 amide bonds. The highest BCUT2D eigenvalue weighted by atomic mass is 16.5. The molecule has 3 N–H and O–H groups in total. The average Bonchev–Trinajstić information content (AvgIpc) is 2.83. The van der Waals surface area contributed by atoms with E-state index < -0.39 is 0 Å². The van der Waals surface area contributed by atoms with Gasteiger partial charge in [-0.1, -0.05) is 30.3 Å². The number of benzene rings is 4. The van der Waals surface area contributed by atoms with E-state index >= 15 is 0 Å². The van der Waals surface area contributed by atoms with Crippen molar-refractivity contribution in [2.75, 3.05) is 4.90 Å². The summed E-state index contributed by atoms with van der Waals surface area (Å²) in [6, 6.07) is 18.2. The monoisotopic (exact) mass is 469 g/mol. The smallest absolute Gasteiger partial charge is 0.172 e. The molecular formula is C30H31NO4. The summed E-state index contributed by atoms with van der Waals surface area (Å²) < 4.78 is 6.38. The van der Waals surface area contributed by atoms with Crippen LogP contribution in [0.4, 0.5) is 17.1 Å². The van der Waals surface area contributed by atoms with Crippen LogP contribution in [0.15, 0.2) is 60.7 Å². The summed E-state index contributed by atoms with van der Waals surface area (Å²) in [6.45, 7) is 11.6. The van der Waals surface area contributed by atoms with Crippen molar-refractivity contribution in [3.63, 3.8) is 0 Å². The Labute approximate surface area is 206 Å². The van der Waals surface area contributed by atoms with Crippen LogP contribution < -0.4 is 9.64 Å². The number of anilines is 3. The zero-order valence-electron chi connectivity index (χ0n) is 21.0. The molecule has 5 heteroatoms. The molecule has 0 saturated carbocycles. The predicted octanol–water partition coefficient (Wildman–Crippen LogP) is 7.92. The van der Waals surface area contributed by atoms with Crippen LogP contribution in [-0.2, 0) is 0 Å². The lowest BCUT2D eigenvalue weighted by atomic mass is 10.0. The highest BCUT2D eigenvalue weighted by Crippen LogP contribution is 2.49. The first kappa shape index (κ1) is 24.0. The molecule has 0 aromatic heterocycles. The summed E-state index contributed by atoms with van der Waals surface area (Å²) in [5.74, 6) is 1.34. The Kier molecular flexibility index (Phi) is 6.35. The lowest BCUT2D eigenvalue weighted by molar-refractivity contribution is 0.409. The maximum atomic E-state index is 10.6. The number of hydrogen-bond donors (Lipinski definition) is 3. The van der Waals surface area contributed by atoms with Gasteiger partial charge in [0.1, 0.15) is 11.5 Å². The van der Waals surface area contributed by atoms with Crippen molar-refractivity contribution < 1.29 is 20.1 Å². The quantitative estimate of drug-likeness (QED) is 0.277. The summed E-state index contributed by atoms with van der Waals surface area (Å²) in [4.78, 5) is 2.02. The Balaban J connectivity index is 2.04. The minimum atomic E-state index is 0.0592. The van der Waals surface area contributed by atoms with Crippen molar-refractivity contribution in [2.24, 2.45) is 0 Å². The molecule has 0 heterocycles. The number of ether oxygens (including phenoxy) is 1. The highest BCUT2D eigenvalue weighted by Gasteiger charge is 2.26. The molecule has 0 bridgehead atoms. The SMILES string of the molecule is Cc1ccc(O)c(Oc2ccccc2N(c2c(C)ccc(O)c2C)c2c(C)ccc(O)c2C)c1C. The Hall–Kier alpha value is -4.12. The fourth-order valence-corrected chi connectivity index (χ4v) is 4.43. The third-order valence-corrected chi connectivity index (χ3v) is 6.63. The number of hydrogen-bond acceptors (Lipinski definition) is 5. The van der Waals surface area contributed by atoms with E-state index in [1.165, 1.54) is 0 Å². The van der Waals surface area contributed by atoms with Gasteiger partial charge in [0.2, 0.25) is 0 Å². The van der Waals surface area contributed by atoms with Crippen molar-refractivity contribution in [3.8, 4) is 28.7 Å². The van der Waals surface area contributed by atoms with Crippen molar-refractivity contribution in [2.45, 2.75) is 41.5 Å². The second kappa shape index (κ2) is 9.26. The van der Waals surface area contributed by atoms with Gasteiger partial charge in [0, 0.05) is 11.1 Å². The van der Waals surface area contributed by atoms with E-state index in [-0.39, 0.29) is 17.2 Å². The Morgan fingerprint density at radius 2 is 1.03 bits per heavy atom. The van der Waals surface area contributed by atoms with Crippen molar-refractivity contribution >= 4 is 17.1 Å². The topological polar surface area (TPSA) is 73.2 Å². The Morgan fingerprint density at radius 1 is 0.543 bits per heavy atom. The third kappa shape index (κ3) is 4.26.